The molecule has 0 aliphatic carbocycles. The predicted molar refractivity (Wildman–Crippen MR) is 71.7 cm³/mol. The van der Waals surface area contributed by atoms with E-state index in [4.69, 9.17) is 0 Å². The highest BCUT2D eigenvalue weighted by molar-refractivity contribution is 9.10. The molecule has 0 saturated heterocycles. The molecule has 0 atom stereocenters. The summed E-state index contributed by atoms with van der Waals surface area (Å²) < 4.78 is 14.6. The van der Waals surface area contributed by atoms with Crippen LogP contribution in [-0.4, -0.2) is 15.0 Å². The van der Waals surface area contributed by atoms with E-state index in [1.807, 2.05) is 13.0 Å². The van der Waals surface area contributed by atoms with Gasteiger partial charge in [0.2, 0.25) is 0 Å². The lowest BCUT2D eigenvalue weighted by atomic mass is 10.2. The summed E-state index contributed by atoms with van der Waals surface area (Å²) in [5.41, 5.74) is 2.87. The molecule has 1 aromatic carbocycles. The molecule has 0 amide bonds. The zero-order valence-electron chi connectivity index (χ0n) is 9.54. The fourth-order valence-corrected chi connectivity index (χ4v) is 2.17. The molecule has 0 bridgehead atoms. The van der Waals surface area contributed by atoms with Gasteiger partial charge in [-0.1, -0.05) is 15.9 Å². The average Bonchev–Trinajstić information content (AvgIpc) is 2.74. The van der Waals surface area contributed by atoms with Crippen LogP contribution in [0.25, 0.3) is 22.6 Å². The Kier molecular flexibility index (Phi) is 2.63. The minimum atomic E-state index is -0.311. The summed E-state index contributed by atoms with van der Waals surface area (Å²) >= 11 is 3.33. The molecule has 0 fully saturated rings. The summed E-state index contributed by atoms with van der Waals surface area (Å²) in [6, 6.07) is 6.70. The van der Waals surface area contributed by atoms with Gasteiger partial charge in [-0.3, -0.25) is 0 Å². The number of H-pyrrole nitrogens is 1. The van der Waals surface area contributed by atoms with Crippen molar-refractivity contribution in [2.75, 3.05) is 0 Å². The predicted octanol–water partition coefficient (Wildman–Crippen LogP) is 3.83. The van der Waals surface area contributed by atoms with Crippen LogP contribution in [0.4, 0.5) is 4.39 Å². The Morgan fingerprint density at radius 2 is 2.11 bits per heavy atom. The second-order valence-corrected chi connectivity index (χ2v) is 5.01. The molecule has 0 radical (unpaired) electrons. The minimum Gasteiger partial charge on any atom is -0.336 e. The van der Waals surface area contributed by atoms with Gasteiger partial charge in [0.15, 0.2) is 5.65 Å². The summed E-state index contributed by atoms with van der Waals surface area (Å²) in [5, 5.41) is 0. The highest BCUT2D eigenvalue weighted by atomic mass is 79.9. The Hall–Kier alpha value is -1.75. The Morgan fingerprint density at radius 3 is 2.94 bits per heavy atom. The van der Waals surface area contributed by atoms with E-state index in [1.54, 1.807) is 18.3 Å². The molecular weight excluding hydrogens is 297 g/mol. The van der Waals surface area contributed by atoms with Crippen molar-refractivity contribution >= 4 is 27.1 Å². The molecule has 0 aliphatic rings. The highest BCUT2D eigenvalue weighted by Crippen LogP contribution is 2.25. The van der Waals surface area contributed by atoms with Gasteiger partial charge in [0.05, 0.1) is 11.1 Å². The first kappa shape index (κ1) is 11.3. The third-order valence-corrected chi connectivity index (χ3v) is 3.15. The number of nitrogens with one attached hydrogen (secondary N) is 1. The molecular formula is C13H9BrFN3. The lowest BCUT2D eigenvalue weighted by molar-refractivity contribution is 0.630. The number of imidazole rings is 1. The Balaban J connectivity index is 2.22. The van der Waals surface area contributed by atoms with Crippen molar-refractivity contribution in [2.24, 2.45) is 0 Å². The van der Waals surface area contributed by atoms with Crippen molar-refractivity contribution in [2.45, 2.75) is 6.92 Å². The lowest BCUT2D eigenvalue weighted by Gasteiger charge is -1.99. The van der Waals surface area contributed by atoms with Crippen LogP contribution in [0.2, 0.25) is 0 Å². The number of hydrogen-bond acceptors (Lipinski definition) is 2. The summed E-state index contributed by atoms with van der Waals surface area (Å²) in [7, 11) is 0. The lowest BCUT2D eigenvalue weighted by Crippen LogP contribution is -1.86. The molecule has 18 heavy (non-hydrogen) atoms. The number of nitrogens with zero attached hydrogens (tertiary/aromatic N) is 2. The Bertz CT molecular complexity index is 736. The summed E-state index contributed by atoms with van der Waals surface area (Å²) in [6.07, 6.45) is 1.74. The molecule has 2 heterocycles. The number of aryl methyl sites for hydroxylation is 1. The zero-order chi connectivity index (χ0) is 12.7. The molecule has 90 valence electrons. The highest BCUT2D eigenvalue weighted by Gasteiger charge is 2.11. The standard InChI is InChI=1S/C13H9BrFN3/c1-7-4-11-13(16-6-7)18-12(17-11)9-5-8(14)2-3-10(9)15/h2-6H,1H3,(H,16,17,18). The van der Waals surface area contributed by atoms with E-state index in [1.165, 1.54) is 6.07 Å². The second-order valence-electron chi connectivity index (χ2n) is 4.09. The maximum absolute atomic E-state index is 13.8. The molecule has 1 N–H and O–H groups in total. The van der Waals surface area contributed by atoms with Gasteiger partial charge in [-0.2, -0.15) is 0 Å². The number of aromatic nitrogens is 3. The molecule has 2 aromatic heterocycles. The summed E-state index contributed by atoms with van der Waals surface area (Å²) in [5.74, 6) is 0.177. The maximum atomic E-state index is 13.8. The molecule has 0 saturated carbocycles. The number of halogens is 2. The van der Waals surface area contributed by atoms with Crippen LogP contribution >= 0.6 is 15.9 Å². The summed E-state index contributed by atoms with van der Waals surface area (Å²) in [4.78, 5) is 11.6. The van der Waals surface area contributed by atoms with Crippen LogP contribution in [0.5, 0.6) is 0 Å². The van der Waals surface area contributed by atoms with Gasteiger partial charge in [-0.15, -0.1) is 0 Å². The van der Waals surface area contributed by atoms with Gasteiger partial charge in [0, 0.05) is 10.7 Å². The van der Waals surface area contributed by atoms with Gasteiger partial charge in [0.25, 0.3) is 0 Å². The Morgan fingerprint density at radius 1 is 1.28 bits per heavy atom. The van der Waals surface area contributed by atoms with E-state index < -0.39 is 0 Å². The topological polar surface area (TPSA) is 41.6 Å². The quantitative estimate of drug-likeness (QED) is 0.742. The number of benzene rings is 1. The largest absolute Gasteiger partial charge is 0.336 e. The van der Waals surface area contributed by atoms with E-state index in [2.05, 4.69) is 30.9 Å². The zero-order valence-corrected chi connectivity index (χ0v) is 11.1. The number of pyridine rings is 1. The van der Waals surface area contributed by atoms with Crippen LogP contribution in [0.15, 0.2) is 34.9 Å². The van der Waals surface area contributed by atoms with Crippen LogP contribution in [0.1, 0.15) is 5.56 Å². The Labute approximate surface area is 111 Å². The smallest absolute Gasteiger partial charge is 0.178 e. The first-order chi connectivity index (χ1) is 8.63. The number of fused-ring (bicyclic) bond motifs is 1. The number of rotatable bonds is 1. The van der Waals surface area contributed by atoms with Gasteiger partial charge < -0.3 is 4.98 Å². The van der Waals surface area contributed by atoms with Gasteiger partial charge in [-0.25, -0.2) is 14.4 Å². The van der Waals surface area contributed by atoms with Crippen molar-refractivity contribution < 1.29 is 4.39 Å². The van der Waals surface area contributed by atoms with E-state index >= 15 is 0 Å². The van der Waals surface area contributed by atoms with Crippen LogP contribution in [0, 0.1) is 12.7 Å². The first-order valence-corrected chi connectivity index (χ1v) is 6.20. The average molecular weight is 306 g/mol. The van der Waals surface area contributed by atoms with Gasteiger partial charge in [-0.05, 0) is 36.8 Å². The third-order valence-electron chi connectivity index (χ3n) is 2.66. The minimum absolute atomic E-state index is 0.311. The van der Waals surface area contributed by atoms with Gasteiger partial charge in [0.1, 0.15) is 11.6 Å². The number of aromatic amines is 1. The number of hydrogen-bond donors (Lipinski definition) is 1. The second kappa shape index (κ2) is 4.17. The van der Waals surface area contributed by atoms with Gasteiger partial charge >= 0.3 is 0 Å². The molecule has 3 nitrogen and oxygen atoms in total. The van der Waals surface area contributed by atoms with Crippen molar-refractivity contribution in [3.05, 3.63) is 46.3 Å². The third kappa shape index (κ3) is 1.90. The molecule has 3 rings (SSSR count). The van der Waals surface area contributed by atoms with Crippen LogP contribution in [0.3, 0.4) is 0 Å². The SMILES string of the molecule is Cc1cnc2nc(-c3cc(Br)ccc3F)[nH]c2c1. The van der Waals surface area contributed by atoms with E-state index in [-0.39, 0.29) is 5.82 Å². The molecule has 0 spiro atoms. The van der Waals surface area contributed by atoms with Crippen molar-refractivity contribution in [3.63, 3.8) is 0 Å². The monoisotopic (exact) mass is 305 g/mol. The van der Waals surface area contributed by atoms with Crippen molar-refractivity contribution in [1.29, 1.82) is 0 Å². The molecule has 0 unspecified atom stereocenters. The maximum Gasteiger partial charge on any atom is 0.178 e. The van der Waals surface area contributed by atoms with E-state index in [0.717, 1.165) is 15.6 Å². The fourth-order valence-electron chi connectivity index (χ4n) is 1.81. The van der Waals surface area contributed by atoms with Crippen LogP contribution < -0.4 is 0 Å². The van der Waals surface area contributed by atoms with Crippen LogP contribution in [-0.2, 0) is 0 Å². The van der Waals surface area contributed by atoms with E-state index in [0.29, 0.717) is 17.0 Å². The molecule has 3 aromatic rings. The first-order valence-electron chi connectivity index (χ1n) is 5.41. The molecule has 5 heteroatoms. The summed E-state index contributed by atoms with van der Waals surface area (Å²) in [6.45, 7) is 1.95. The fraction of sp³-hybridized carbons (Fsp3) is 0.0769. The van der Waals surface area contributed by atoms with Crippen molar-refractivity contribution in [1.82, 2.24) is 15.0 Å². The normalized spacial score (nSPS) is 11.1. The van der Waals surface area contributed by atoms with E-state index in [9.17, 15) is 4.39 Å². The molecule has 0 aliphatic heterocycles. The van der Waals surface area contributed by atoms with Crippen molar-refractivity contribution in [3.8, 4) is 11.4 Å².